The summed E-state index contributed by atoms with van der Waals surface area (Å²) in [6.45, 7) is 0. The van der Waals surface area contributed by atoms with Crippen molar-refractivity contribution in [2.45, 2.75) is 25.2 Å². The van der Waals surface area contributed by atoms with Crippen molar-refractivity contribution in [3.05, 3.63) is 77.5 Å². The molecule has 0 bridgehead atoms. The molecule has 1 aromatic heterocycles. The van der Waals surface area contributed by atoms with Crippen molar-refractivity contribution in [3.63, 3.8) is 0 Å². The molecule has 20 heavy (non-hydrogen) atoms. The topological polar surface area (TPSA) is 12.9 Å². The Morgan fingerprint density at radius 1 is 0.900 bits per heavy atom. The second-order valence-corrected chi connectivity index (χ2v) is 5.64. The lowest BCUT2D eigenvalue weighted by Crippen LogP contribution is -2.14. The number of para-hydroxylation sites is 1. The molecule has 4 rings (SSSR count). The predicted molar refractivity (Wildman–Crippen MR) is 83.0 cm³/mol. The lowest BCUT2D eigenvalue weighted by molar-refractivity contribution is 0.576. The van der Waals surface area contributed by atoms with Crippen molar-refractivity contribution in [1.29, 1.82) is 0 Å². The quantitative estimate of drug-likeness (QED) is 0.626. The van der Waals surface area contributed by atoms with Crippen LogP contribution in [0.25, 0.3) is 10.9 Å². The summed E-state index contributed by atoms with van der Waals surface area (Å²) < 4.78 is 0. The average molecular weight is 259 g/mol. The molecule has 1 atom stereocenters. The molecule has 0 fully saturated rings. The highest BCUT2D eigenvalue weighted by molar-refractivity contribution is 5.79. The fourth-order valence-electron chi connectivity index (χ4n) is 3.28. The van der Waals surface area contributed by atoms with Gasteiger partial charge in [0, 0.05) is 11.1 Å². The van der Waals surface area contributed by atoms with Crippen LogP contribution in [0.2, 0.25) is 0 Å². The first kappa shape index (κ1) is 11.7. The van der Waals surface area contributed by atoms with Crippen LogP contribution in [0.15, 0.2) is 60.7 Å². The second kappa shape index (κ2) is 4.75. The summed E-state index contributed by atoms with van der Waals surface area (Å²) in [6, 6.07) is 21.7. The van der Waals surface area contributed by atoms with E-state index in [1.807, 2.05) is 0 Å². The molecule has 0 spiro atoms. The zero-order chi connectivity index (χ0) is 13.4. The van der Waals surface area contributed by atoms with Crippen LogP contribution in [-0.4, -0.2) is 4.98 Å². The van der Waals surface area contributed by atoms with Crippen LogP contribution in [0.4, 0.5) is 0 Å². The predicted octanol–water partition coefficient (Wildman–Crippen LogP) is 4.51. The van der Waals surface area contributed by atoms with Crippen LogP contribution in [0.5, 0.6) is 0 Å². The molecule has 2 aromatic carbocycles. The number of fused-ring (bicyclic) bond motifs is 2. The summed E-state index contributed by atoms with van der Waals surface area (Å²) >= 11 is 0. The molecule has 0 radical (unpaired) electrons. The number of pyridine rings is 1. The fourth-order valence-corrected chi connectivity index (χ4v) is 3.28. The van der Waals surface area contributed by atoms with Crippen LogP contribution < -0.4 is 0 Å². The monoisotopic (exact) mass is 259 g/mol. The number of hydrogen-bond acceptors (Lipinski definition) is 1. The van der Waals surface area contributed by atoms with Crippen LogP contribution in [0.1, 0.15) is 29.2 Å². The van der Waals surface area contributed by atoms with E-state index in [9.17, 15) is 0 Å². The van der Waals surface area contributed by atoms with E-state index < -0.39 is 0 Å². The Hall–Kier alpha value is -2.15. The van der Waals surface area contributed by atoms with Crippen molar-refractivity contribution in [2.75, 3.05) is 0 Å². The van der Waals surface area contributed by atoms with Crippen LogP contribution in [0, 0.1) is 0 Å². The van der Waals surface area contributed by atoms with E-state index in [-0.39, 0.29) is 0 Å². The molecule has 0 unspecified atom stereocenters. The molecule has 3 aromatic rings. The summed E-state index contributed by atoms with van der Waals surface area (Å²) in [6.07, 6.45) is 3.43. The third-order valence-electron chi connectivity index (χ3n) is 4.36. The Kier molecular flexibility index (Phi) is 2.77. The van der Waals surface area contributed by atoms with Gasteiger partial charge in [0.25, 0.3) is 0 Å². The van der Waals surface area contributed by atoms with Crippen LogP contribution in [-0.2, 0) is 12.8 Å². The lowest BCUT2D eigenvalue weighted by Gasteiger charge is -2.24. The van der Waals surface area contributed by atoms with Crippen molar-refractivity contribution in [2.24, 2.45) is 0 Å². The molecule has 0 aliphatic heterocycles. The van der Waals surface area contributed by atoms with Gasteiger partial charge in [-0.25, -0.2) is 0 Å². The molecule has 1 heteroatoms. The van der Waals surface area contributed by atoms with E-state index in [0.29, 0.717) is 5.92 Å². The smallest absolute Gasteiger partial charge is 0.0705 e. The van der Waals surface area contributed by atoms with Crippen molar-refractivity contribution >= 4 is 10.9 Å². The molecule has 1 aliphatic carbocycles. The maximum absolute atomic E-state index is 4.84. The third-order valence-corrected chi connectivity index (χ3v) is 4.36. The number of rotatable bonds is 1. The van der Waals surface area contributed by atoms with Gasteiger partial charge >= 0.3 is 0 Å². The van der Waals surface area contributed by atoms with E-state index in [0.717, 1.165) is 18.4 Å². The Balaban J connectivity index is 1.74. The molecule has 0 amide bonds. The van der Waals surface area contributed by atoms with E-state index >= 15 is 0 Å². The van der Waals surface area contributed by atoms with Crippen LogP contribution >= 0.6 is 0 Å². The third kappa shape index (κ3) is 2.00. The molecule has 1 aliphatic rings. The largest absolute Gasteiger partial charge is 0.253 e. The minimum absolute atomic E-state index is 0.645. The summed E-state index contributed by atoms with van der Waals surface area (Å²) in [5, 5.41) is 1.26. The van der Waals surface area contributed by atoms with E-state index in [1.54, 1.807) is 0 Å². The number of benzene rings is 2. The van der Waals surface area contributed by atoms with Crippen molar-refractivity contribution < 1.29 is 0 Å². The van der Waals surface area contributed by atoms with Crippen LogP contribution in [0.3, 0.4) is 0 Å². The molecule has 98 valence electrons. The normalized spacial score (nSPS) is 17.9. The molecular weight excluding hydrogens is 242 g/mol. The Bertz CT molecular complexity index is 746. The minimum atomic E-state index is 0.645. The first-order chi connectivity index (χ1) is 9.90. The fraction of sp³-hybridized carbons (Fsp3) is 0.211. The van der Waals surface area contributed by atoms with Gasteiger partial charge in [-0.3, -0.25) is 4.98 Å². The number of aromatic nitrogens is 1. The first-order valence-corrected chi connectivity index (χ1v) is 7.32. The highest BCUT2D eigenvalue weighted by Crippen LogP contribution is 2.33. The molecule has 0 saturated carbocycles. The molecule has 0 saturated heterocycles. The summed E-state index contributed by atoms with van der Waals surface area (Å²) in [5.41, 5.74) is 5.33. The minimum Gasteiger partial charge on any atom is -0.253 e. The maximum atomic E-state index is 4.84. The van der Waals surface area contributed by atoms with Gasteiger partial charge in [0.2, 0.25) is 0 Å². The molecular formula is C19H17N. The SMILES string of the molecule is c1ccc([C@@H]2CCc3nc4ccccc4cc3C2)cc1. The number of aryl methyl sites for hydroxylation is 1. The molecule has 0 N–H and O–H groups in total. The van der Waals surface area contributed by atoms with Gasteiger partial charge in [0.15, 0.2) is 0 Å². The standard InChI is InChI=1S/C19H17N/c1-2-6-14(7-3-1)15-10-11-19-17(12-15)13-16-8-4-5-9-18(16)20-19/h1-9,13,15H,10-12H2/t15-/m1/s1. The lowest BCUT2D eigenvalue weighted by atomic mass is 9.82. The van der Waals surface area contributed by atoms with Gasteiger partial charge in [-0.2, -0.15) is 0 Å². The van der Waals surface area contributed by atoms with Crippen molar-refractivity contribution in [3.8, 4) is 0 Å². The highest BCUT2D eigenvalue weighted by Gasteiger charge is 2.21. The average Bonchev–Trinajstić information content (AvgIpc) is 2.53. The first-order valence-electron chi connectivity index (χ1n) is 7.32. The van der Waals surface area contributed by atoms with Gasteiger partial charge in [0.05, 0.1) is 5.52 Å². The van der Waals surface area contributed by atoms with Gasteiger partial charge in [-0.1, -0.05) is 48.5 Å². The summed E-state index contributed by atoms with van der Waals surface area (Å²) in [7, 11) is 0. The van der Waals surface area contributed by atoms with Gasteiger partial charge in [-0.15, -0.1) is 0 Å². The Morgan fingerprint density at radius 3 is 2.60 bits per heavy atom. The zero-order valence-corrected chi connectivity index (χ0v) is 11.4. The molecule has 1 nitrogen and oxygen atoms in total. The van der Waals surface area contributed by atoms with E-state index in [2.05, 4.69) is 60.7 Å². The van der Waals surface area contributed by atoms with E-state index in [1.165, 1.54) is 28.6 Å². The van der Waals surface area contributed by atoms with E-state index in [4.69, 9.17) is 4.98 Å². The molecule has 1 heterocycles. The summed E-state index contributed by atoms with van der Waals surface area (Å²) in [5.74, 6) is 0.645. The van der Waals surface area contributed by atoms with Gasteiger partial charge in [0.1, 0.15) is 0 Å². The summed E-state index contributed by atoms with van der Waals surface area (Å²) in [4.78, 5) is 4.84. The maximum Gasteiger partial charge on any atom is 0.0705 e. The van der Waals surface area contributed by atoms with Crippen molar-refractivity contribution in [1.82, 2.24) is 4.98 Å². The van der Waals surface area contributed by atoms with Gasteiger partial charge in [-0.05, 0) is 48.4 Å². The highest BCUT2D eigenvalue weighted by atomic mass is 14.7. The number of hydrogen-bond donors (Lipinski definition) is 0. The second-order valence-electron chi connectivity index (χ2n) is 5.64. The number of nitrogens with zero attached hydrogens (tertiary/aromatic N) is 1. The van der Waals surface area contributed by atoms with Gasteiger partial charge < -0.3 is 0 Å². The Morgan fingerprint density at radius 2 is 1.70 bits per heavy atom. The Labute approximate surface area is 119 Å². The zero-order valence-electron chi connectivity index (χ0n) is 11.4.